The molecule has 0 rings (SSSR count). The van der Waals surface area contributed by atoms with E-state index in [1.54, 1.807) is 0 Å². The summed E-state index contributed by atoms with van der Waals surface area (Å²) in [6, 6.07) is 0. The second kappa shape index (κ2) is 24.8. The van der Waals surface area contributed by atoms with Gasteiger partial charge in [0.25, 0.3) is 0 Å². The average Bonchev–Trinajstić information content (AvgIpc) is 2.70. The van der Waals surface area contributed by atoms with Crippen LogP contribution in [0.5, 0.6) is 0 Å². The lowest BCUT2D eigenvalue weighted by Gasteiger charge is -2.14. The molecule has 0 bridgehead atoms. The summed E-state index contributed by atoms with van der Waals surface area (Å²) in [5.41, 5.74) is 0. The molecular weight excluding hydrogens is 336 g/mol. The highest BCUT2D eigenvalue weighted by molar-refractivity contribution is 4.81. The van der Waals surface area contributed by atoms with E-state index in [9.17, 15) is 0 Å². The van der Waals surface area contributed by atoms with Crippen LogP contribution < -0.4 is 0 Å². The molecule has 0 aliphatic carbocycles. The Morgan fingerprint density at radius 1 is 0.500 bits per heavy atom. The summed E-state index contributed by atoms with van der Waals surface area (Å²) >= 11 is 0. The monoisotopic (exact) mass is 390 g/mol. The Balaban J connectivity index is 3.21. The number of unbranched alkanes of at least 4 members (excludes halogenated alkanes) is 15. The predicted molar refractivity (Wildman–Crippen MR) is 131 cm³/mol. The Morgan fingerprint density at radius 3 is 1.43 bits per heavy atom. The summed E-state index contributed by atoms with van der Waals surface area (Å²) in [5.74, 6) is 0.956. The molecule has 0 aromatic heterocycles. The van der Waals surface area contributed by atoms with Gasteiger partial charge in [-0.3, -0.25) is 0 Å². The van der Waals surface area contributed by atoms with E-state index < -0.39 is 0 Å². The van der Waals surface area contributed by atoms with E-state index in [0.29, 0.717) is 0 Å². The fourth-order valence-electron chi connectivity index (χ4n) is 4.27. The van der Waals surface area contributed by atoms with E-state index in [0.717, 1.165) is 18.8 Å². The molecule has 0 aromatic carbocycles. The molecule has 28 heavy (non-hydrogen) atoms. The molecule has 0 heterocycles. The molecule has 0 saturated carbocycles. The minimum absolute atomic E-state index is 0.956. The zero-order chi connectivity index (χ0) is 20.5. The average molecular weight is 391 g/mol. The van der Waals surface area contributed by atoms with Crippen LogP contribution in [0.3, 0.4) is 0 Å². The third-order valence-corrected chi connectivity index (χ3v) is 6.08. The van der Waals surface area contributed by atoms with Gasteiger partial charge in [-0.2, -0.15) is 0 Å². The van der Waals surface area contributed by atoms with Crippen LogP contribution in [0.15, 0.2) is 12.2 Å². The molecule has 0 amide bonds. The van der Waals surface area contributed by atoms with Crippen molar-refractivity contribution in [3.63, 3.8) is 0 Å². The Bertz CT molecular complexity index is 284. The Morgan fingerprint density at radius 2 is 0.964 bits per heavy atom. The molecule has 0 heteroatoms. The lowest BCUT2D eigenvalue weighted by atomic mass is 9.92. The first kappa shape index (κ1) is 27.7. The molecule has 0 aromatic rings. The minimum Gasteiger partial charge on any atom is -0.0885 e. The molecule has 0 aliphatic heterocycles. The standard InChI is InChI=1S/C28H54/c1-4-7-8-9-10-11-12-13-14-15-16-17-18-19-20-21-22-23-24-27-28(25-5-2)26-6-3/h15-16,28H,1-2,4-14,17-27H2,3H3/b16-15+. The zero-order valence-electron chi connectivity index (χ0n) is 19.7. The van der Waals surface area contributed by atoms with Gasteiger partial charge in [-0.05, 0) is 31.6 Å². The van der Waals surface area contributed by atoms with Crippen LogP contribution in [0.4, 0.5) is 0 Å². The van der Waals surface area contributed by atoms with Gasteiger partial charge in [0.1, 0.15) is 0 Å². The Labute approximate surface area is 180 Å². The molecule has 0 N–H and O–H groups in total. The first-order valence-corrected chi connectivity index (χ1v) is 13.1. The van der Waals surface area contributed by atoms with Crippen LogP contribution in [0.1, 0.15) is 148 Å². The van der Waals surface area contributed by atoms with Crippen molar-refractivity contribution in [2.75, 3.05) is 0 Å². The second-order valence-corrected chi connectivity index (χ2v) is 8.94. The zero-order valence-corrected chi connectivity index (χ0v) is 19.7. The summed E-state index contributed by atoms with van der Waals surface area (Å²) < 4.78 is 0. The number of allylic oxidation sites excluding steroid dienone is 2. The van der Waals surface area contributed by atoms with Crippen LogP contribution in [0.25, 0.3) is 0 Å². The summed E-state index contributed by atoms with van der Waals surface area (Å²) in [4.78, 5) is 0. The molecule has 1 atom stereocenters. The normalized spacial score (nSPS) is 11.9. The van der Waals surface area contributed by atoms with Crippen LogP contribution >= 0.6 is 0 Å². The van der Waals surface area contributed by atoms with Gasteiger partial charge < -0.3 is 0 Å². The summed E-state index contributed by atoms with van der Waals surface area (Å²) in [5, 5.41) is 0. The summed E-state index contributed by atoms with van der Waals surface area (Å²) in [7, 11) is 0. The van der Waals surface area contributed by atoms with E-state index in [1.807, 2.05) is 0 Å². The van der Waals surface area contributed by atoms with Gasteiger partial charge >= 0.3 is 0 Å². The van der Waals surface area contributed by atoms with E-state index in [-0.39, 0.29) is 0 Å². The number of hydrogen-bond acceptors (Lipinski definition) is 0. The fraction of sp³-hybridized carbons (Fsp3) is 0.857. The second-order valence-electron chi connectivity index (χ2n) is 8.94. The molecule has 0 nitrogen and oxygen atoms in total. The predicted octanol–water partition coefficient (Wildman–Crippen LogP) is 10.4. The highest BCUT2D eigenvalue weighted by Crippen LogP contribution is 2.21. The van der Waals surface area contributed by atoms with Crippen molar-refractivity contribution in [3.05, 3.63) is 26.0 Å². The smallest absolute Gasteiger partial charge is 0.0351 e. The molecule has 0 aliphatic rings. The molecule has 2 radical (unpaired) electrons. The van der Waals surface area contributed by atoms with E-state index in [1.165, 1.54) is 128 Å². The minimum atomic E-state index is 0.956. The topological polar surface area (TPSA) is 0 Å². The van der Waals surface area contributed by atoms with Crippen LogP contribution in [-0.4, -0.2) is 0 Å². The maximum atomic E-state index is 4.03. The van der Waals surface area contributed by atoms with Gasteiger partial charge in [-0.25, -0.2) is 0 Å². The van der Waals surface area contributed by atoms with Crippen LogP contribution in [0, 0.1) is 19.8 Å². The largest absolute Gasteiger partial charge is 0.0885 e. The van der Waals surface area contributed by atoms with Crippen molar-refractivity contribution in [3.8, 4) is 0 Å². The van der Waals surface area contributed by atoms with Crippen LogP contribution in [-0.2, 0) is 0 Å². The number of rotatable bonds is 23. The molecule has 0 spiro atoms. The van der Waals surface area contributed by atoms with E-state index in [2.05, 4.69) is 32.9 Å². The molecule has 166 valence electrons. The first-order valence-electron chi connectivity index (χ1n) is 13.1. The van der Waals surface area contributed by atoms with Crippen molar-refractivity contribution >= 4 is 0 Å². The third-order valence-electron chi connectivity index (χ3n) is 6.08. The third kappa shape index (κ3) is 22.0. The van der Waals surface area contributed by atoms with Gasteiger partial charge in [0.05, 0.1) is 0 Å². The number of hydrogen-bond donors (Lipinski definition) is 0. The lowest BCUT2D eigenvalue weighted by molar-refractivity contribution is 0.396. The van der Waals surface area contributed by atoms with Gasteiger partial charge in [0, 0.05) is 0 Å². The molecule has 1 unspecified atom stereocenters. The fourth-order valence-corrected chi connectivity index (χ4v) is 4.27. The maximum absolute atomic E-state index is 4.03. The Hall–Kier alpha value is -0.260. The van der Waals surface area contributed by atoms with Crippen LogP contribution in [0.2, 0.25) is 0 Å². The van der Waals surface area contributed by atoms with Crippen molar-refractivity contribution in [1.82, 2.24) is 0 Å². The highest BCUT2D eigenvalue weighted by Gasteiger charge is 2.05. The van der Waals surface area contributed by atoms with Gasteiger partial charge in [0.15, 0.2) is 0 Å². The van der Waals surface area contributed by atoms with Gasteiger partial charge in [-0.1, -0.05) is 148 Å². The van der Waals surface area contributed by atoms with Crippen molar-refractivity contribution in [2.45, 2.75) is 148 Å². The summed E-state index contributed by atoms with van der Waals surface area (Å²) in [6.07, 6.45) is 35.1. The first-order chi connectivity index (χ1) is 13.8. The van der Waals surface area contributed by atoms with E-state index in [4.69, 9.17) is 0 Å². The van der Waals surface area contributed by atoms with Crippen molar-refractivity contribution < 1.29 is 0 Å². The molecule has 0 saturated heterocycles. The quantitative estimate of drug-likeness (QED) is 0.120. The lowest BCUT2D eigenvalue weighted by Crippen LogP contribution is -1.99. The van der Waals surface area contributed by atoms with Gasteiger partial charge in [-0.15, -0.1) is 0 Å². The maximum Gasteiger partial charge on any atom is -0.0351 e. The van der Waals surface area contributed by atoms with Crippen molar-refractivity contribution in [1.29, 1.82) is 0 Å². The van der Waals surface area contributed by atoms with Crippen molar-refractivity contribution in [2.24, 2.45) is 5.92 Å². The highest BCUT2D eigenvalue weighted by atomic mass is 14.1. The van der Waals surface area contributed by atoms with E-state index >= 15 is 0 Å². The summed E-state index contributed by atoms with van der Waals surface area (Å²) in [6.45, 7) is 10.3. The Kier molecular flexibility index (Phi) is 24.5. The molecular formula is C28H54. The molecule has 0 fully saturated rings. The van der Waals surface area contributed by atoms with Gasteiger partial charge in [0.2, 0.25) is 0 Å². The SMILES string of the molecule is [CH2]CCCCCCCCC/C=C/CCCCCCCCCC(CC[CH2])CCC.